The highest BCUT2D eigenvalue weighted by molar-refractivity contribution is 5.96. The van der Waals surface area contributed by atoms with Gasteiger partial charge >= 0.3 is 5.69 Å². The highest BCUT2D eigenvalue weighted by Crippen LogP contribution is 2.19. The summed E-state index contributed by atoms with van der Waals surface area (Å²) in [5.74, 6) is 1.50. The summed E-state index contributed by atoms with van der Waals surface area (Å²) in [4.78, 5) is 24.8. The molecule has 0 saturated carbocycles. The van der Waals surface area contributed by atoms with Crippen molar-refractivity contribution in [3.63, 3.8) is 0 Å². The molecule has 1 N–H and O–H groups in total. The predicted octanol–water partition coefficient (Wildman–Crippen LogP) is 1.70. The van der Waals surface area contributed by atoms with Gasteiger partial charge in [0.25, 0.3) is 5.91 Å². The Morgan fingerprint density at radius 2 is 1.79 bits per heavy atom. The van der Waals surface area contributed by atoms with E-state index in [0.29, 0.717) is 17.1 Å². The molecule has 1 aromatic heterocycles. The first-order chi connectivity index (χ1) is 13.5. The average Bonchev–Trinajstić information content (AvgIpc) is 3.02. The van der Waals surface area contributed by atoms with Crippen molar-refractivity contribution in [1.29, 1.82) is 0 Å². The fourth-order valence-electron chi connectivity index (χ4n) is 2.83. The smallest absolute Gasteiger partial charge is 0.345 e. The van der Waals surface area contributed by atoms with Crippen molar-refractivity contribution in [2.45, 2.75) is 6.54 Å². The quantitative estimate of drug-likeness (QED) is 0.672. The first kappa shape index (κ1) is 19.2. The minimum absolute atomic E-state index is 0.252. The Hall–Kier alpha value is -3.55. The SMILES string of the molecule is COc1ccc(-c2nn(CCNC(=O)c3ccccc3OC)c(=O)n2C)cc1. The van der Waals surface area contributed by atoms with Gasteiger partial charge in [0, 0.05) is 19.2 Å². The van der Waals surface area contributed by atoms with Crippen LogP contribution in [0.25, 0.3) is 11.4 Å². The van der Waals surface area contributed by atoms with E-state index in [-0.39, 0.29) is 24.7 Å². The molecule has 2 aromatic carbocycles. The number of nitrogens with one attached hydrogen (secondary N) is 1. The molecule has 0 spiro atoms. The molecule has 0 radical (unpaired) electrons. The van der Waals surface area contributed by atoms with Gasteiger partial charge in [-0.25, -0.2) is 9.48 Å². The summed E-state index contributed by atoms with van der Waals surface area (Å²) >= 11 is 0. The number of rotatable bonds is 7. The van der Waals surface area contributed by atoms with E-state index in [1.54, 1.807) is 38.4 Å². The molecule has 1 amide bonds. The molecule has 0 unspecified atom stereocenters. The number of carbonyl (C=O) groups is 1. The molecular weight excluding hydrogens is 360 g/mol. The zero-order chi connectivity index (χ0) is 20.1. The number of para-hydroxylation sites is 1. The monoisotopic (exact) mass is 382 g/mol. The molecule has 0 saturated heterocycles. The van der Waals surface area contributed by atoms with Crippen molar-refractivity contribution in [3.05, 3.63) is 64.6 Å². The maximum atomic E-state index is 12.4. The molecule has 8 heteroatoms. The number of ether oxygens (including phenoxy) is 2. The number of aromatic nitrogens is 3. The van der Waals surface area contributed by atoms with Crippen LogP contribution in [-0.4, -0.2) is 41.0 Å². The Morgan fingerprint density at radius 1 is 1.07 bits per heavy atom. The Labute approximate surface area is 162 Å². The standard InChI is InChI=1S/C20H22N4O4/c1-23-18(14-8-10-15(27-2)11-9-14)22-24(20(23)26)13-12-21-19(25)16-6-4-5-7-17(16)28-3/h4-11H,12-13H2,1-3H3,(H,21,25). The van der Waals surface area contributed by atoms with E-state index in [9.17, 15) is 9.59 Å². The van der Waals surface area contributed by atoms with Crippen LogP contribution >= 0.6 is 0 Å². The Balaban J connectivity index is 1.70. The highest BCUT2D eigenvalue weighted by Gasteiger charge is 2.14. The fraction of sp³-hybridized carbons (Fsp3) is 0.250. The van der Waals surface area contributed by atoms with Crippen molar-refractivity contribution in [1.82, 2.24) is 19.7 Å². The van der Waals surface area contributed by atoms with Gasteiger partial charge in [0.15, 0.2) is 5.82 Å². The van der Waals surface area contributed by atoms with Crippen LogP contribution in [-0.2, 0) is 13.6 Å². The van der Waals surface area contributed by atoms with Crippen LogP contribution in [0, 0.1) is 0 Å². The zero-order valence-corrected chi connectivity index (χ0v) is 16.0. The number of hydrogen-bond donors (Lipinski definition) is 1. The predicted molar refractivity (Wildman–Crippen MR) is 105 cm³/mol. The molecule has 0 fully saturated rings. The van der Waals surface area contributed by atoms with E-state index in [1.807, 2.05) is 24.3 Å². The van der Waals surface area contributed by atoms with Crippen LogP contribution in [0.5, 0.6) is 11.5 Å². The van der Waals surface area contributed by atoms with Crippen molar-refractivity contribution in [2.24, 2.45) is 7.05 Å². The van der Waals surface area contributed by atoms with Crippen molar-refractivity contribution < 1.29 is 14.3 Å². The molecule has 146 valence electrons. The van der Waals surface area contributed by atoms with Gasteiger partial charge in [0.2, 0.25) is 0 Å². The van der Waals surface area contributed by atoms with Crippen LogP contribution in [0.4, 0.5) is 0 Å². The Morgan fingerprint density at radius 3 is 2.46 bits per heavy atom. The minimum atomic E-state index is -0.267. The largest absolute Gasteiger partial charge is 0.497 e. The van der Waals surface area contributed by atoms with Gasteiger partial charge in [-0.2, -0.15) is 0 Å². The summed E-state index contributed by atoms with van der Waals surface area (Å²) < 4.78 is 13.2. The molecule has 3 rings (SSSR count). The molecule has 0 aliphatic carbocycles. The zero-order valence-electron chi connectivity index (χ0n) is 16.0. The molecule has 0 bridgehead atoms. The van der Waals surface area contributed by atoms with Crippen LogP contribution in [0.15, 0.2) is 53.3 Å². The van der Waals surface area contributed by atoms with Crippen LogP contribution < -0.4 is 20.5 Å². The molecule has 0 atom stereocenters. The summed E-state index contributed by atoms with van der Waals surface area (Å²) in [6.45, 7) is 0.513. The molecule has 1 heterocycles. The van der Waals surface area contributed by atoms with Gasteiger partial charge in [-0.3, -0.25) is 9.36 Å². The van der Waals surface area contributed by atoms with Gasteiger partial charge in [-0.15, -0.1) is 5.10 Å². The van der Waals surface area contributed by atoms with E-state index in [2.05, 4.69) is 10.4 Å². The average molecular weight is 382 g/mol. The molecule has 0 aliphatic heterocycles. The van der Waals surface area contributed by atoms with Crippen molar-refractivity contribution in [2.75, 3.05) is 20.8 Å². The van der Waals surface area contributed by atoms with E-state index in [1.165, 1.54) is 16.4 Å². The van der Waals surface area contributed by atoms with E-state index in [4.69, 9.17) is 9.47 Å². The van der Waals surface area contributed by atoms with Crippen LogP contribution in [0.1, 0.15) is 10.4 Å². The second-order valence-electron chi connectivity index (χ2n) is 6.07. The maximum absolute atomic E-state index is 12.4. The number of nitrogens with zero attached hydrogens (tertiary/aromatic N) is 3. The molecule has 8 nitrogen and oxygen atoms in total. The molecule has 3 aromatic rings. The summed E-state index contributed by atoms with van der Waals surface area (Å²) in [7, 11) is 4.78. The second kappa shape index (κ2) is 8.43. The minimum Gasteiger partial charge on any atom is -0.497 e. The van der Waals surface area contributed by atoms with Gasteiger partial charge in [-0.1, -0.05) is 12.1 Å². The lowest BCUT2D eigenvalue weighted by molar-refractivity contribution is 0.0948. The normalized spacial score (nSPS) is 10.5. The summed E-state index contributed by atoms with van der Waals surface area (Å²) in [5.41, 5.74) is 0.992. The lowest BCUT2D eigenvalue weighted by Crippen LogP contribution is -2.31. The summed E-state index contributed by atoms with van der Waals surface area (Å²) in [6.07, 6.45) is 0. The topological polar surface area (TPSA) is 87.4 Å². The lowest BCUT2D eigenvalue weighted by Gasteiger charge is -2.08. The Bertz CT molecular complexity index is 1020. The number of methoxy groups -OCH3 is 2. The van der Waals surface area contributed by atoms with Crippen molar-refractivity contribution >= 4 is 5.91 Å². The maximum Gasteiger partial charge on any atom is 0.345 e. The molecular formula is C20H22N4O4. The first-order valence-corrected chi connectivity index (χ1v) is 8.74. The number of hydrogen-bond acceptors (Lipinski definition) is 5. The second-order valence-corrected chi connectivity index (χ2v) is 6.07. The van der Waals surface area contributed by atoms with E-state index < -0.39 is 0 Å². The highest BCUT2D eigenvalue weighted by atomic mass is 16.5. The molecule has 28 heavy (non-hydrogen) atoms. The van der Waals surface area contributed by atoms with Gasteiger partial charge < -0.3 is 14.8 Å². The third-order valence-corrected chi connectivity index (χ3v) is 4.35. The fourth-order valence-corrected chi connectivity index (χ4v) is 2.83. The van der Waals surface area contributed by atoms with E-state index >= 15 is 0 Å². The first-order valence-electron chi connectivity index (χ1n) is 8.74. The number of amides is 1. The van der Waals surface area contributed by atoms with Crippen LogP contribution in [0.2, 0.25) is 0 Å². The number of benzene rings is 2. The third kappa shape index (κ3) is 3.90. The van der Waals surface area contributed by atoms with Gasteiger partial charge in [-0.05, 0) is 36.4 Å². The van der Waals surface area contributed by atoms with Crippen LogP contribution in [0.3, 0.4) is 0 Å². The van der Waals surface area contributed by atoms with E-state index in [0.717, 1.165) is 11.3 Å². The summed E-state index contributed by atoms with van der Waals surface area (Å²) in [6, 6.07) is 14.3. The van der Waals surface area contributed by atoms with Gasteiger partial charge in [0.05, 0.1) is 26.3 Å². The summed E-state index contributed by atoms with van der Waals surface area (Å²) in [5, 5.41) is 7.18. The lowest BCUT2D eigenvalue weighted by atomic mass is 10.2. The number of carbonyl (C=O) groups excluding carboxylic acids is 1. The van der Waals surface area contributed by atoms with Crippen molar-refractivity contribution in [3.8, 4) is 22.9 Å². The molecule has 0 aliphatic rings. The van der Waals surface area contributed by atoms with Gasteiger partial charge in [0.1, 0.15) is 11.5 Å². The Kier molecular flexibility index (Phi) is 5.78. The third-order valence-electron chi connectivity index (χ3n) is 4.35.